The molecule has 0 aliphatic heterocycles. The summed E-state index contributed by atoms with van der Waals surface area (Å²) < 4.78 is 0. The van der Waals surface area contributed by atoms with Crippen molar-refractivity contribution in [2.45, 2.75) is 13.8 Å². The summed E-state index contributed by atoms with van der Waals surface area (Å²) in [4.78, 5) is 2.82. The number of azo groups is 1. The van der Waals surface area contributed by atoms with Gasteiger partial charge in [-0.3, -0.25) is 5.43 Å². The van der Waals surface area contributed by atoms with Crippen LogP contribution in [0.15, 0.2) is 39.6 Å². The lowest BCUT2D eigenvalue weighted by Crippen LogP contribution is -2.12. The smallest absolute Gasteiger partial charge is 0.234 e. The summed E-state index contributed by atoms with van der Waals surface area (Å²) in [6.45, 7) is 4.00. The monoisotopic (exact) mass is 289 g/mol. The van der Waals surface area contributed by atoms with Crippen LogP contribution in [0.2, 0.25) is 0 Å². The van der Waals surface area contributed by atoms with Crippen molar-refractivity contribution in [3.8, 4) is 5.88 Å². The van der Waals surface area contributed by atoms with Gasteiger partial charge in [-0.15, -0.1) is 10.2 Å². The van der Waals surface area contributed by atoms with Crippen molar-refractivity contribution in [2.24, 2.45) is 21.2 Å². The van der Waals surface area contributed by atoms with Crippen LogP contribution < -0.4 is 5.43 Å². The van der Waals surface area contributed by atoms with Gasteiger partial charge in [0.25, 0.3) is 0 Å². The summed E-state index contributed by atoms with van der Waals surface area (Å²) in [6, 6.07) is 7.41. The van der Waals surface area contributed by atoms with Crippen LogP contribution >= 0.6 is 12.2 Å². The van der Waals surface area contributed by atoms with E-state index in [-0.39, 0.29) is 11.0 Å². The second-order valence-corrected chi connectivity index (χ2v) is 4.89. The van der Waals surface area contributed by atoms with Crippen LogP contribution in [0.25, 0.3) is 10.9 Å². The Bertz CT molecular complexity index is 674. The maximum absolute atomic E-state index is 9.79. The lowest BCUT2D eigenvalue weighted by Gasteiger charge is -1.96. The van der Waals surface area contributed by atoms with Crippen LogP contribution in [-0.4, -0.2) is 21.4 Å². The lowest BCUT2D eigenvalue weighted by molar-refractivity contribution is 0.459. The number of aromatic hydroxyl groups is 1. The first-order valence-electron chi connectivity index (χ1n) is 6.12. The van der Waals surface area contributed by atoms with Gasteiger partial charge < -0.3 is 10.1 Å². The molecule has 0 fully saturated rings. The molecule has 0 aliphatic rings. The van der Waals surface area contributed by atoms with Crippen LogP contribution in [0.1, 0.15) is 13.8 Å². The zero-order chi connectivity index (χ0) is 14.5. The van der Waals surface area contributed by atoms with Gasteiger partial charge in [0, 0.05) is 11.6 Å². The number of hydrogen-bond acceptors (Lipinski definition) is 4. The fraction of sp³-hybridized carbons (Fsp3) is 0.231. The summed E-state index contributed by atoms with van der Waals surface area (Å²) in [5.74, 6) is 0.281. The van der Waals surface area contributed by atoms with E-state index in [9.17, 15) is 5.11 Å². The fourth-order valence-corrected chi connectivity index (χ4v) is 1.67. The molecule has 0 unspecified atom stereocenters. The topological polar surface area (TPSA) is 85.1 Å². The Morgan fingerprint density at radius 3 is 2.90 bits per heavy atom. The van der Waals surface area contributed by atoms with E-state index in [4.69, 9.17) is 12.2 Å². The zero-order valence-corrected chi connectivity index (χ0v) is 12.0. The Hall–Kier alpha value is -2.28. The number of para-hydroxylation sites is 1. The Morgan fingerprint density at radius 1 is 1.40 bits per heavy atom. The number of hydrogen-bond donors (Lipinski definition) is 3. The summed E-state index contributed by atoms with van der Waals surface area (Å²) in [5, 5.41) is 22.4. The van der Waals surface area contributed by atoms with Gasteiger partial charge in [0.15, 0.2) is 5.69 Å². The van der Waals surface area contributed by atoms with Gasteiger partial charge in [0.1, 0.15) is 0 Å². The van der Waals surface area contributed by atoms with Crippen LogP contribution in [0, 0.1) is 5.92 Å². The van der Waals surface area contributed by atoms with Gasteiger partial charge >= 0.3 is 0 Å². The van der Waals surface area contributed by atoms with E-state index in [1.54, 1.807) is 6.21 Å². The van der Waals surface area contributed by atoms with E-state index < -0.39 is 0 Å². The van der Waals surface area contributed by atoms with Crippen LogP contribution in [0.5, 0.6) is 5.88 Å². The minimum atomic E-state index is -0.0385. The predicted octanol–water partition coefficient (Wildman–Crippen LogP) is 3.47. The Kier molecular flexibility index (Phi) is 4.41. The predicted molar refractivity (Wildman–Crippen MR) is 83.5 cm³/mol. The molecule has 104 valence electrons. The average Bonchev–Trinajstić information content (AvgIpc) is 2.71. The minimum Gasteiger partial charge on any atom is -0.493 e. The average molecular weight is 289 g/mol. The molecule has 6 nitrogen and oxygen atoms in total. The second kappa shape index (κ2) is 6.25. The zero-order valence-electron chi connectivity index (χ0n) is 11.2. The summed E-state index contributed by atoms with van der Waals surface area (Å²) >= 11 is 4.97. The number of H-pyrrole nitrogens is 1. The van der Waals surface area contributed by atoms with Gasteiger partial charge in [-0.05, 0) is 24.2 Å². The first-order chi connectivity index (χ1) is 9.58. The fourth-order valence-electron chi connectivity index (χ4n) is 1.57. The highest BCUT2D eigenvalue weighted by Crippen LogP contribution is 2.34. The maximum Gasteiger partial charge on any atom is 0.234 e. The largest absolute Gasteiger partial charge is 0.493 e. The van der Waals surface area contributed by atoms with Crippen molar-refractivity contribution < 1.29 is 5.11 Å². The number of aromatic amines is 1. The highest BCUT2D eigenvalue weighted by atomic mass is 32.1. The first-order valence-corrected chi connectivity index (χ1v) is 6.53. The summed E-state index contributed by atoms with van der Waals surface area (Å²) in [6.07, 6.45) is 1.71. The van der Waals surface area contributed by atoms with Gasteiger partial charge in [0.05, 0.1) is 5.52 Å². The molecular formula is C13H15N5OS. The molecule has 0 aliphatic carbocycles. The highest BCUT2D eigenvalue weighted by Gasteiger charge is 2.09. The molecule has 0 atom stereocenters. The number of nitrogens with zero attached hydrogens (tertiary/aromatic N) is 3. The minimum absolute atomic E-state index is 0.0385. The van der Waals surface area contributed by atoms with E-state index in [2.05, 4.69) is 25.7 Å². The summed E-state index contributed by atoms with van der Waals surface area (Å²) in [7, 11) is 0. The standard InChI is InChI=1S/C13H15N5OS/c1-8(2)7-14-17-13(20)18-16-11-9-5-3-4-6-10(9)15-12(11)19/h3-8,15,19H,1-2H3,(H,17,20)/b14-7-,18-16?. The van der Waals surface area contributed by atoms with Crippen molar-refractivity contribution >= 4 is 40.1 Å². The molecule has 0 amide bonds. The number of aromatic nitrogens is 1. The molecule has 1 aromatic carbocycles. The van der Waals surface area contributed by atoms with Crippen molar-refractivity contribution in [2.75, 3.05) is 0 Å². The molecule has 3 N–H and O–H groups in total. The van der Waals surface area contributed by atoms with Gasteiger partial charge in [-0.1, -0.05) is 32.0 Å². The normalized spacial score (nSPS) is 11.9. The third kappa shape index (κ3) is 3.39. The molecule has 0 saturated heterocycles. The molecule has 0 radical (unpaired) electrons. The number of hydrazone groups is 1. The van der Waals surface area contributed by atoms with E-state index in [0.717, 1.165) is 10.9 Å². The molecule has 0 spiro atoms. The van der Waals surface area contributed by atoms with E-state index >= 15 is 0 Å². The molecule has 1 heterocycles. The second-order valence-electron chi connectivity index (χ2n) is 4.51. The molecule has 2 rings (SSSR count). The molecule has 2 aromatic rings. The number of rotatable bonds is 3. The molecule has 20 heavy (non-hydrogen) atoms. The molecule has 1 aromatic heterocycles. The van der Waals surface area contributed by atoms with Gasteiger partial charge in [-0.2, -0.15) is 5.10 Å². The highest BCUT2D eigenvalue weighted by molar-refractivity contribution is 7.80. The van der Waals surface area contributed by atoms with Crippen LogP contribution in [0.3, 0.4) is 0 Å². The molecule has 7 heteroatoms. The Balaban J connectivity index is 2.13. The Labute approximate surface area is 121 Å². The number of nitrogens with one attached hydrogen (secondary N) is 2. The molecule has 0 bridgehead atoms. The van der Waals surface area contributed by atoms with Crippen LogP contribution in [-0.2, 0) is 0 Å². The van der Waals surface area contributed by atoms with E-state index in [0.29, 0.717) is 11.6 Å². The SMILES string of the molecule is CC(C)/C=N\NC(=S)N=Nc1c(O)[nH]c2ccccc12. The van der Waals surface area contributed by atoms with E-state index in [1.807, 2.05) is 38.1 Å². The van der Waals surface area contributed by atoms with Crippen LogP contribution in [0.4, 0.5) is 5.69 Å². The number of fused-ring (bicyclic) bond motifs is 1. The third-order valence-corrected chi connectivity index (χ3v) is 2.61. The van der Waals surface area contributed by atoms with Crippen molar-refractivity contribution in [1.82, 2.24) is 10.4 Å². The van der Waals surface area contributed by atoms with Gasteiger partial charge in [0.2, 0.25) is 11.0 Å². The lowest BCUT2D eigenvalue weighted by atomic mass is 10.2. The van der Waals surface area contributed by atoms with Crippen molar-refractivity contribution in [3.05, 3.63) is 24.3 Å². The van der Waals surface area contributed by atoms with Crippen molar-refractivity contribution in [1.29, 1.82) is 0 Å². The third-order valence-electron chi connectivity index (χ3n) is 2.43. The number of thiocarbonyl (C=S) groups is 1. The first kappa shape index (κ1) is 14.1. The quantitative estimate of drug-likeness (QED) is 0.350. The molecular weight excluding hydrogens is 274 g/mol. The summed E-state index contributed by atoms with van der Waals surface area (Å²) in [5.41, 5.74) is 3.74. The van der Waals surface area contributed by atoms with E-state index in [1.165, 1.54) is 0 Å². The maximum atomic E-state index is 9.79. The van der Waals surface area contributed by atoms with Gasteiger partial charge in [-0.25, -0.2) is 0 Å². The number of benzene rings is 1. The Morgan fingerprint density at radius 2 is 2.15 bits per heavy atom. The van der Waals surface area contributed by atoms with Crippen molar-refractivity contribution in [3.63, 3.8) is 0 Å². The molecule has 0 saturated carbocycles.